The summed E-state index contributed by atoms with van der Waals surface area (Å²) in [6.45, 7) is 5.04. The van der Waals surface area contributed by atoms with Crippen molar-refractivity contribution >= 4 is 34.4 Å². The van der Waals surface area contributed by atoms with Crippen LogP contribution in [0.25, 0.3) is 10.9 Å². The fraction of sp³-hybridized carbons (Fsp3) is 0.389. The van der Waals surface area contributed by atoms with E-state index >= 15 is 0 Å². The molecule has 0 unspecified atom stereocenters. The molecule has 134 valence electrons. The number of nitrogens with one attached hydrogen (secondary N) is 1. The summed E-state index contributed by atoms with van der Waals surface area (Å²) in [5.41, 5.74) is 1.43. The molecule has 1 aromatic heterocycles. The molecule has 0 spiro atoms. The number of aromatic nitrogens is 1. The third-order valence-corrected chi connectivity index (χ3v) is 4.13. The summed E-state index contributed by atoms with van der Waals surface area (Å²) >= 11 is 6.09. The van der Waals surface area contributed by atoms with Gasteiger partial charge in [-0.3, -0.25) is 14.6 Å². The molecule has 7 heteroatoms. The van der Waals surface area contributed by atoms with Crippen molar-refractivity contribution < 1.29 is 14.7 Å². The lowest BCUT2D eigenvalue weighted by molar-refractivity contribution is -0.137. The van der Waals surface area contributed by atoms with E-state index in [0.717, 1.165) is 43.5 Å². The molecule has 2 aromatic rings. The van der Waals surface area contributed by atoms with E-state index in [1.165, 1.54) is 0 Å². The summed E-state index contributed by atoms with van der Waals surface area (Å²) in [4.78, 5) is 28.1. The minimum Gasteiger partial charge on any atom is -0.481 e. The number of fused-ring (bicyclic) bond motifs is 1. The van der Waals surface area contributed by atoms with Crippen molar-refractivity contribution in [2.45, 2.75) is 19.8 Å². The number of benzene rings is 1. The number of rotatable bonds is 3. The van der Waals surface area contributed by atoms with Gasteiger partial charge in [-0.05, 0) is 24.6 Å². The lowest BCUT2D eigenvalue weighted by atomic mass is 10.1. The van der Waals surface area contributed by atoms with Crippen LogP contribution in [0.3, 0.4) is 0 Å². The van der Waals surface area contributed by atoms with E-state index in [0.29, 0.717) is 17.0 Å². The minimum absolute atomic E-state index is 0.0603. The van der Waals surface area contributed by atoms with Gasteiger partial charge in [0, 0.05) is 49.7 Å². The van der Waals surface area contributed by atoms with Crippen LogP contribution in [0.5, 0.6) is 0 Å². The predicted octanol–water partition coefficient (Wildman–Crippen LogP) is 2.80. The number of hydrogen-bond acceptors (Lipinski definition) is 4. The molecule has 0 saturated carbocycles. The van der Waals surface area contributed by atoms with Gasteiger partial charge in [-0.1, -0.05) is 24.6 Å². The lowest BCUT2D eigenvalue weighted by Gasteiger charge is -2.27. The van der Waals surface area contributed by atoms with Gasteiger partial charge in [-0.25, -0.2) is 0 Å². The second kappa shape index (κ2) is 9.34. The van der Waals surface area contributed by atoms with Gasteiger partial charge in [0.15, 0.2) is 0 Å². The highest BCUT2D eigenvalue weighted by Gasteiger charge is 2.18. The summed E-state index contributed by atoms with van der Waals surface area (Å²) in [7, 11) is 0. The van der Waals surface area contributed by atoms with Crippen LogP contribution < -0.4 is 5.32 Å². The molecule has 1 amide bonds. The first-order valence-corrected chi connectivity index (χ1v) is 8.66. The summed E-state index contributed by atoms with van der Waals surface area (Å²) in [6, 6.07) is 7.24. The number of pyridine rings is 1. The summed E-state index contributed by atoms with van der Waals surface area (Å²) < 4.78 is 0. The monoisotopic (exact) mass is 363 g/mol. The third kappa shape index (κ3) is 5.41. The molecule has 1 aliphatic rings. The first kappa shape index (κ1) is 19.1. The Morgan fingerprint density at radius 1 is 1.28 bits per heavy atom. The highest BCUT2D eigenvalue weighted by atomic mass is 35.5. The fourth-order valence-electron chi connectivity index (χ4n) is 2.51. The third-order valence-electron chi connectivity index (χ3n) is 3.80. The zero-order valence-electron chi connectivity index (χ0n) is 14.2. The standard InChI is InChI=1S/C14H14ClN3O.C4H8O2/c15-12-3-4-17-13-9-10(1-2-11(12)13)14(19)18-7-5-16-6-8-18;1-2-3-4(5)6/h1-4,9,16H,5-8H2;2-3H2,1H3,(H,5,6). The minimum atomic E-state index is -0.711. The van der Waals surface area contributed by atoms with E-state index in [2.05, 4.69) is 10.3 Å². The number of aliphatic carboxylic acids is 1. The van der Waals surface area contributed by atoms with Crippen molar-refractivity contribution in [2.24, 2.45) is 0 Å². The number of carbonyl (C=O) groups is 2. The number of hydrogen-bond donors (Lipinski definition) is 2. The van der Waals surface area contributed by atoms with Gasteiger partial charge in [0.25, 0.3) is 5.91 Å². The van der Waals surface area contributed by atoms with Crippen molar-refractivity contribution in [1.29, 1.82) is 0 Å². The van der Waals surface area contributed by atoms with Crippen LogP contribution in [0.2, 0.25) is 5.02 Å². The normalized spacial score (nSPS) is 13.9. The number of amides is 1. The van der Waals surface area contributed by atoms with Crippen LogP contribution in [0, 0.1) is 0 Å². The molecule has 6 nitrogen and oxygen atoms in total. The lowest BCUT2D eigenvalue weighted by Crippen LogP contribution is -2.46. The topological polar surface area (TPSA) is 82.5 Å². The molecule has 2 N–H and O–H groups in total. The molecule has 0 atom stereocenters. The van der Waals surface area contributed by atoms with Crippen LogP contribution in [0.4, 0.5) is 0 Å². The number of carbonyl (C=O) groups excluding carboxylic acids is 1. The van der Waals surface area contributed by atoms with E-state index in [1.54, 1.807) is 12.3 Å². The number of carboxylic acid groups (broad SMARTS) is 1. The van der Waals surface area contributed by atoms with E-state index in [-0.39, 0.29) is 5.91 Å². The molecule has 2 heterocycles. The number of piperazine rings is 1. The summed E-state index contributed by atoms with van der Waals surface area (Å²) in [6.07, 6.45) is 2.68. The van der Waals surface area contributed by atoms with E-state index in [4.69, 9.17) is 16.7 Å². The molecule has 1 aliphatic heterocycles. The second-order valence-corrected chi connectivity index (χ2v) is 6.12. The maximum absolute atomic E-state index is 12.4. The van der Waals surface area contributed by atoms with E-state index in [1.807, 2.05) is 30.0 Å². The Labute approximate surface area is 151 Å². The predicted molar refractivity (Wildman–Crippen MR) is 98.1 cm³/mol. The molecule has 25 heavy (non-hydrogen) atoms. The molecular formula is C18H22ClN3O3. The van der Waals surface area contributed by atoms with E-state index in [9.17, 15) is 9.59 Å². The van der Waals surface area contributed by atoms with Gasteiger partial charge in [-0.15, -0.1) is 0 Å². The average Bonchev–Trinajstić information content (AvgIpc) is 2.62. The van der Waals surface area contributed by atoms with Crippen molar-refractivity contribution in [3.63, 3.8) is 0 Å². The SMILES string of the molecule is CCCC(=O)O.O=C(c1ccc2c(Cl)ccnc2c1)N1CCNCC1. The number of nitrogens with zero attached hydrogens (tertiary/aromatic N) is 2. The molecular weight excluding hydrogens is 342 g/mol. The van der Waals surface area contributed by atoms with Crippen molar-refractivity contribution in [1.82, 2.24) is 15.2 Å². The Hall–Kier alpha value is -2.18. The Morgan fingerprint density at radius 3 is 2.60 bits per heavy atom. The molecule has 1 saturated heterocycles. The maximum Gasteiger partial charge on any atom is 0.303 e. The van der Waals surface area contributed by atoms with Gasteiger partial charge in [0.1, 0.15) is 0 Å². The summed E-state index contributed by atoms with van der Waals surface area (Å²) in [5, 5.41) is 12.7. The number of halogens is 1. The largest absolute Gasteiger partial charge is 0.481 e. The van der Waals surface area contributed by atoms with Crippen molar-refractivity contribution in [2.75, 3.05) is 26.2 Å². The van der Waals surface area contributed by atoms with Crippen LogP contribution in [-0.2, 0) is 4.79 Å². The first-order chi connectivity index (χ1) is 12.0. The van der Waals surface area contributed by atoms with E-state index < -0.39 is 5.97 Å². The Bertz CT molecular complexity index is 745. The number of carboxylic acids is 1. The van der Waals surface area contributed by atoms with Gasteiger partial charge >= 0.3 is 5.97 Å². The van der Waals surface area contributed by atoms with Gasteiger partial charge in [-0.2, -0.15) is 0 Å². The highest BCUT2D eigenvalue weighted by molar-refractivity contribution is 6.35. The van der Waals surface area contributed by atoms with Gasteiger partial charge < -0.3 is 15.3 Å². The van der Waals surface area contributed by atoms with Crippen molar-refractivity contribution in [3.05, 3.63) is 41.0 Å². The highest BCUT2D eigenvalue weighted by Crippen LogP contribution is 2.22. The zero-order valence-corrected chi connectivity index (χ0v) is 14.9. The second-order valence-electron chi connectivity index (χ2n) is 5.71. The maximum atomic E-state index is 12.4. The molecule has 3 rings (SSSR count). The molecule has 1 aromatic carbocycles. The zero-order chi connectivity index (χ0) is 18.2. The Kier molecular flexibility index (Phi) is 7.16. The van der Waals surface area contributed by atoms with Crippen LogP contribution in [0.15, 0.2) is 30.5 Å². The van der Waals surface area contributed by atoms with Crippen LogP contribution >= 0.6 is 11.6 Å². The van der Waals surface area contributed by atoms with Gasteiger partial charge in [0.05, 0.1) is 10.5 Å². The van der Waals surface area contributed by atoms with Crippen LogP contribution in [0.1, 0.15) is 30.1 Å². The summed E-state index contributed by atoms with van der Waals surface area (Å²) in [5.74, 6) is -0.650. The van der Waals surface area contributed by atoms with Crippen molar-refractivity contribution in [3.8, 4) is 0 Å². The average molecular weight is 364 g/mol. The quantitative estimate of drug-likeness (QED) is 0.876. The first-order valence-electron chi connectivity index (χ1n) is 8.29. The molecule has 0 aliphatic carbocycles. The van der Waals surface area contributed by atoms with Gasteiger partial charge in [0.2, 0.25) is 0 Å². The smallest absolute Gasteiger partial charge is 0.303 e. The molecule has 0 radical (unpaired) electrons. The fourth-order valence-corrected chi connectivity index (χ4v) is 2.73. The Balaban J connectivity index is 0.000000326. The Morgan fingerprint density at radius 2 is 2.00 bits per heavy atom. The van der Waals surface area contributed by atoms with Crippen LogP contribution in [-0.4, -0.2) is 53.0 Å². The molecule has 0 bridgehead atoms. The molecule has 1 fully saturated rings.